The summed E-state index contributed by atoms with van der Waals surface area (Å²) in [7, 11) is 0. The van der Waals surface area contributed by atoms with Crippen molar-refractivity contribution in [1.82, 2.24) is 23.7 Å². The summed E-state index contributed by atoms with van der Waals surface area (Å²) < 4.78 is 50.7. The maximum absolute atomic E-state index is 14.5. The van der Waals surface area contributed by atoms with Gasteiger partial charge in [0.2, 0.25) is 0 Å². The molecule has 16 rings (SSSR count). The van der Waals surface area contributed by atoms with Gasteiger partial charge in [0.15, 0.2) is 5.82 Å². The molecule has 5 nitrogen and oxygen atoms in total. The highest BCUT2D eigenvalue weighted by Crippen LogP contribution is 2.49. The molecule has 4 aromatic heterocycles. The fourth-order valence-electron chi connectivity index (χ4n) is 13.2. The van der Waals surface area contributed by atoms with Crippen LogP contribution in [0, 0.1) is 6.92 Å². The largest absolute Gasteiger partial charge is 0.416 e. The summed E-state index contributed by atoms with van der Waals surface area (Å²) in [4.78, 5) is 11.1. The molecule has 0 saturated carbocycles. The molecule has 0 bridgehead atoms. The van der Waals surface area contributed by atoms with Crippen LogP contribution in [0.2, 0.25) is 0 Å². The van der Waals surface area contributed by atoms with Crippen molar-refractivity contribution in [2.45, 2.75) is 13.1 Å². The van der Waals surface area contributed by atoms with Gasteiger partial charge in [-0.05, 0) is 109 Å². The molecule has 0 aliphatic rings. The molecule has 0 atom stereocenters. The third-order valence-electron chi connectivity index (χ3n) is 16.9. The van der Waals surface area contributed by atoms with Crippen LogP contribution in [0.5, 0.6) is 0 Å². The number of aryl methyl sites for hydroxylation is 1. The summed E-state index contributed by atoms with van der Waals surface area (Å²) in [5.74, 6) is 0.547. The molecular weight excluding hydrogens is 1060 g/mol. The average Bonchev–Trinajstić information content (AvgIpc) is 1.56. The number of hydrogen-bond acceptors (Lipinski definition) is 2. The SMILES string of the molecule is Cc1cc(-c2ccc3c(c2)c2ccccc2n3-c2c(-c3ccccc3-n3c4ccccc4c4ccccc43)cc(-c3nc(-c4ccccc4)cc(-c4ccccc4)n3)cc2-c2ccccc2-n2c3ccccc3c3ccccc32)cc(C(F)(F)F)c1. The minimum Gasteiger partial charge on any atom is -0.309 e. The van der Waals surface area contributed by atoms with Crippen LogP contribution in [0.15, 0.2) is 285 Å². The van der Waals surface area contributed by atoms with E-state index in [0.29, 0.717) is 22.5 Å². The minimum absolute atomic E-state index is 0.495. The average molecular weight is 1110 g/mol. The van der Waals surface area contributed by atoms with E-state index in [1.807, 2.05) is 54.6 Å². The van der Waals surface area contributed by atoms with Gasteiger partial charge in [-0.3, -0.25) is 0 Å². The normalized spacial score (nSPS) is 12.0. The molecule has 0 saturated heterocycles. The Morgan fingerprint density at radius 3 is 1.15 bits per heavy atom. The van der Waals surface area contributed by atoms with Crippen LogP contribution in [0.25, 0.3) is 150 Å². The number of fused-ring (bicyclic) bond motifs is 9. The summed E-state index contributed by atoms with van der Waals surface area (Å²) in [6.45, 7) is 1.72. The first-order chi connectivity index (χ1) is 42.2. The Morgan fingerprint density at radius 2 is 0.686 bits per heavy atom. The van der Waals surface area contributed by atoms with E-state index in [-0.39, 0.29) is 0 Å². The van der Waals surface area contributed by atoms with E-state index in [0.717, 1.165) is 133 Å². The smallest absolute Gasteiger partial charge is 0.309 e. The lowest BCUT2D eigenvalue weighted by Crippen LogP contribution is -2.06. The van der Waals surface area contributed by atoms with Gasteiger partial charge >= 0.3 is 6.18 Å². The van der Waals surface area contributed by atoms with Crippen molar-refractivity contribution in [1.29, 1.82) is 0 Å². The van der Waals surface area contributed by atoms with Gasteiger partial charge in [0, 0.05) is 71.3 Å². The Morgan fingerprint density at radius 1 is 0.291 bits per heavy atom. The zero-order chi connectivity index (χ0) is 57.6. The number of rotatable bonds is 9. The number of alkyl halides is 3. The summed E-state index contributed by atoms with van der Waals surface area (Å²) >= 11 is 0. The lowest BCUT2D eigenvalue weighted by Gasteiger charge is -2.24. The summed E-state index contributed by atoms with van der Waals surface area (Å²) in [5, 5.41) is 6.41. The predicted octanol–water partition coefficient (Wildman–Crippen LogP) is 21.1. The van der Waals surface area contributed by atoms with Crippen LogP contribution in [0.3, 0.4) is 0 Å². The van der Waals surface area contributed by atoms with Gasteiger partial charge < -0.3 is 13.7 Å². The summed E-state index contributed by atoms with van der Waals surface area (Å²) in [6, 6.07) is 97.7. The van der Waals surface area contributed by atoms with E-state index in [2.05, 4.69) is 232 Å². The van der Waals surface area contributed by atoms with Gasteiger partial charge in [-0.25, -0.2) is 9.97 Å². The lowest BCUT2D eigenvalue weighted by atomic mass is 9.90. The molecule has 0 aliphatic heterocycles. The lowest BCUT2D eigenvalue weighted by molar-refractivity contribution is -0.137. The van der Waals surface area contributed by atoms with Crippen LogP contribution in [-0.4, -0.2) is 23.7 Å². The van der Waals surface area contributed by atoms with E-state index in [1.54, 1.807) is 6.92 Å². The highest BCUT2D eigenvalue weighted by molar-refractivity contribution is 6.14. The maximum Gasteiger partial charge on any atom is 0.416 e. The number of para-hydroxylation sites is 7. The molecule has 408 valence electrons. The van der Waals surface area contributed by atoms with E-state index in [9.17, 15) is 13.2 Å². The van der Waals surface area contributed by atoms with Crippen LogP contribution in [0.4, 0.5) is 13.2 Å². The van der Waals surface area contributed by atoms with E-state index in [4.69, 9.17) is 9.97 Å². The van der Waals surface area contributed by atoms with Crippen LogP contribution in [0.1, 0.15) is 11.1 Å². The quantitative estimate of drug-likeness (QED) is 0.145. The summed E-state index contributed by atoms with van der Waals surface area (Å²) in [6.07, 6.45) is -4.51. The third kappa shape index (κ3) is 8.32. The highest BCUT2D eigenvalue weighted by atomic mass is 19.4. The van der Waals surface area contributed by atoms with Gasteiger partial charge in [-0.2, -0.15) is 13.2 Å². The second-order valence-electron chi connectivity index (χ2n) is 22.1. The Labute approximate surface area is 493 Å². The van der Waals surface area contributed by atoms with Crippen molar-refractivity contribution in [3.63, 3.8) is 0 Å². The van der Waals surface area contributed by atoms with Gasteiger partial charge in [0.25, 0.3) is 0 Å². The van der Waals surface area contributed by atoms with Gasteiger partial charge in [-0.1, -0.05) is 200 Å². The molecule has 4 heterocycles. The minimum atomic E-state index is -4.51. The van der Waals surface area contributed by atoms with Crippen LogP contribution >= 0.6 is 0 Å². The molecule has 16 aromatic rings. The molecule has 0 spiro atoms. The van der Waals surface area contributed by atoms with E-state index < -0.39 is 11.7 Å². The van der Waals surface area contributed by atoms with Crippen molar-refractivity contribution in [2.75, 3.05) is 0 Å². The zero-order valence-corrected chi connectivity index (χ0v) is 46.5. The first-order valence-corrected chi connectivity index (χ1v) is 28.8. The number of nitrogens with zero attached hydrogens (tertiary/aromatic N) is 5. The molecule has 8 heteroatoms. The van der Waals surface area contributed by atoms with Gasteiger partial charge in [-0.15, -0.1) is 0 Å². The maximum atomic E-state index is 14.5. The van der Waals surface area contributed by atoms with Crippen molar-refractivity contribution < 1.29 is 13.2 Å². The van der Waals surface area contributed by atoms with Crippen LogP contribution in [-0.2, 0) is 6.18 Å². The van der Waals surface area contributed by atoms with Crippen LogP contribution < -0.4 is 0 Å². The number of hydrogen-bond donors (Lipinski definition) is 0. The zero-order valence-electron chi connectivity index (χ0n) is 46.5. The topological polar surface area (TPSA) is 40.6 Å². The molecule has 0 N–H and O–H groups in total. The first kappa shape index (κ1) is 50.6. The van der Waals surface area contributed by atoms with Crippen molar-refractivity contribution in [3.8, 4) is 84.3 Å². The fraction of sp³-hybridized carbons (Fsp3) is 0.0256. The number of benzene rings is 12. The van der Waals surface area contributed by atoms with Crippen molar-refractivity contribution >= 4 is 65.4 Å². The second kappa shape index (κ2) is 20.1. The van der Waals surface area contributed by atoms with E-state index >= 15 is 0 Å². The Kier molecular flexibility index (Phi) is 11.8. The highest BCUT2D eigenvalue weighted by Gasteiger charge is 2.32. The molecule has 0 fully saturated rings. The fourth-order valence-corrected chi connectivity index (χ4v) is 13.2. The molecule has 12 aromatic carbocycles. The molecule has 0 amide bonds. The van der Waals surface area contributed by atoms with Gasteiger partial charge in [0.1, 0.15) is 0 Å². The molecular formula is C78H50F3N5. The number of halogens is 3. The second-order valence-corrected chi connectivity index (χ2v) is 22.1. The van der Waals surface area contributed by atoms with Crippen molar-refractivity contribution in [3.05, 3.63) is 296 Å². The molecule has 0 unspecified atom stereocenters. The Hall–Kier alpha value is -11.1. The van der Waals surface area contributed by atoms with E-state index in [1.165, 1.54) is 12.1 Å². The third-order valence-corrected chi connectivity index (χ3v) is 16.9. The van der Waals surface area contributed by atoms with Gasteiger partial charge in [0.05, 0.1) is 67.1 Å². The number of aromatic nitrogens is 5. The Bertz CT molecular complexity index is 5020. The molecule has 86 heavy (non-hydrogen) atoms. The van der Waals surface area contributed by atoms with Crippen molar-refractivity contribution in [2.24, 2.45) is 0 Å². The Balaban J connectivity index is 1.08. The summed E-state index contributed by atoms with van der Waals surface area (Å²) in [5.41, 5.74) is 17.9. The first-order valence-electron chi connectivity index (χ1n) is 28.8. The molecule has 0 radical (unpaired) electrons. The monoisotopic (exact) mass is 1110 g/mol. The molecule has 0 aliphatic carbocycles. The standard InChI is InChI=1S/C78H50F3N5/c1-49-42-53(44-55(43-49)78(79,80)81)52-40-41-75-63(45-52)60-30-12-21-39-74(60)86(75)76-64(61-31-13-19-37-72(61)84-68-33-15-8-26-56(68)57-27-9-16-34-69(57)84)46-54(77-82-66(50-22-4-2-5-23-50)48-67(83-77)51-24-6-3-7-25-51)47-65(76)62-32-14-20-38-73(62)85-70-35-17-10-28-58(70)59-29-11-18-36-71(59)85/h2-48H,1H3. The predicted molar refractivity (Wildman–Crippen MR) is 347 cm³/mol.